The Morgan fingerprint density at radius 3 is 2.43 bits per heavy atom. The van der Waals surface area contributed by atoms with E-state index in [2.05, 4.69) is 15.9 Å². The molecule has 0 bridgehead atoms. The molecular formula is C16H14BrCl2NO. The summed E-state index contributed by atoms with van der Waals surface area (Å²) in [6, 6.07) is 12.7. The molecule has 0 unspecified atom stereocenters. The Balaban J connectivity index is 1.99. The number of carbonyl (C=O) groups excluding carboxylic acids is 1. The minimum absolute atomic E-state index is 0.0788. The normalized spacial score (nSPS) is 10.9. The number of Topliss-reactive ketones (excluding diaryl/α,β-unsaturated/α-hetero) is 1. The minimum atomic E-state index is 0.0788. The molecule has 0 aliphatic carbocycles. The zero-order valence-corrected chi connectivity index (χ0v) is 14.5. The SMILES string of the molecule is CN(CC(=O)c1ccc(Br)cc1)Cc1ccc(Cl)cc1Cl. The maximum Gasteiger partial charge on any atom is 0.176 e. The van der Waals surface area contributed by atoms with Gasteiger partial charge in [0.1, 0.15) is 0 Å². The van der Waals surface area contributed by atoms with E-state index >= 15 is 0 Å². The van der Waals surface area contributed by atoms with Crippen molar-refractivity contribution in [3.8, 4) is 0 Å². The zero-order chi connectivity index (χ0) is 15.4. The third kappa shape index (κ3) is 4.82. The van der Waals surface area contributed by atoms with Crippen LogP contribution in [0.2, 0.25) is 10.0 Å². The Morgan fingerprint density at radius 2 is 1.81 bits per heavy atom. The van der Waals surface area contributed by atoms with Crippen LogP contribution >= 0.6 is 39.1 Å². The Hall–Kier alpha value is -0.870. The fraction of sp³-hybridized carbons (Fsp3) is 0.188. The van der Waals surface area contributed by atoms with Crippen molar-refractivity contribution in [2.75, 3.05) is 13.6 Å². The average molecular weight is 387 g/mol. The first kappa shape index (κ1) is 16.5. The summed E-state index contributed by atoms with van der Waals surface area (Å²) in [5.41, 5.74) is 1.65. The van der Waals surface area contributed by atoms with Crippen LogP contribution in [0.3, 0.4) is 0 Å². The summed E-state index contributed by atoms with van der Waals surface area (Å²) in [6.07, 6.45) is 0. The van der Waals surface area contributed by atoms with Gasteiger partial charge in [-0.1, -0.05) is 57.3 Å². The van der Waals surface area contributed by atoms with E-state index in [0.29, 0.717) is 28.7 Å². The molecule has 110 valence electrons. The third-order valence-corrected chi connectivity index (χ3v) is 4.15. The number of hydrogen-bond acceptors (Lipinski definition) is 2. The van der Waals surface area contributed by atoms with Crippen LogP contribution < -0.4 is 0 Å². The molecular weight excluding hydrogens is 373 g/mol. The van der Waals surface area contributed by atoms with Gasteiger partial charge in [-0.05, 0) is 36.9 Å². The third-order valence-electron chi connectivity index (χ3n) is 3.04. The largest absolute Gasteiger partial charge is 0.295 e. The zero-order valence-electron chi connectivity index (χ0n) is 11.4. The molecule has 0 fully saturated rings. The van der Waals surface area contributed by atoms with Crippen molar-refractivity contribution in [2.45, 2.75) is 6.54 Å². The fourth-order valence-corrected chi connectivity index (χ4v) is 2.70. The van der Waals surface area contributed by atoms with E-state index in [1.54, 1.807) is 12.1 Å². The Labute approximate surface area is 142 Å². The molecule has 0 heterocycles. The van der Waals surface area contributed by atoms with E-state index in [9.17, 15) is 4.79 Å². The highest BCUT2D eigenvalue weighted by atomic mass is 79.9. The number of hydrogen-bond donors (Lipinski definition) is 0. The van der Waals surface area contributed by atoms with Gasteiger partial charge >= 0.3 is 0 Å². The van der Waals surface area contributed by atoms with Crippen molar-refractivity contribution in [3.63, 3.8) is 0 Å². The van der Waals surface area contributed by atoms with Gasteiger partial charge in [0.25, 0.3) is 0 Å². The highest BCUT2D eigenvalue weighted by molar-refractivity contribution is 9.10. The van der Waals surface area contributed by atoms with E-state index in [1.807, 2.05) is 42.3 Å². The predicted octanol–water partition coefficient (Wildman–Crippen LogP) is 5.07. The Morgan fingerprint density at radius 1 is 1.14 bits per heavy atom. The van der Waals surface area contributed by atoms with Gasteiger partial charge in [0.15, 0.2) is 5.78 Å². The van der Waals surface area contributed by atoms with Gasteiger partial charge in [-0.15, -0.1) is 0 Å². The van der Waals surface area contributed by atoms with Crippen molar-refractivity contribution in [1.29, 1.82) is 0 Å². The number of likely N-dealkylation sites (N-methyl/N-ethyl adjacent to an activating group) is 1. The number of carbonyl (C=O) groups is 1. The standard InChI is InChI=1S/C16H14BrCl2NO/c1-20(9-12-4-7-14(18)8-15(12)19)10-16(21)11-2-5-13(17)6-3-11/h2-8H,9-10H2,1H3. The van der Waals surface area contributed by atoms with Gasteiger partial charge in [0, 0.05) is 26.6 Å². The van der Waals surface area contributed by atoms with Crippen LogP contribution in [0.5, 0.6) is 0 Å². The molecule has 0 aromatic heterocycles. The smallest absolute Gasteiger partial charge is 0.176 e. The fourth-order valence-electron chi connectivity index (χ4n) is 1.97. The topological polar surface area (TPSA) is 20.3 Å². The first-order chi connectivity index (χ1) is 9.95. The molecule has 0 radical (unpaired) electrons. The molecule has 0 N–H and O–H groups in total. The number of halogens is 3. The quantitative estimate of drug-likeness (QED) is 0.668. The summed E-state index contributed by atoms with van der Waals surface area (Å²) in [5.74, 6) is 0.0788. The van der Waals surface area contributed by atoms with Gasteiger partial charge in [-0.3, -0.25) is 9.69 Å². The van der Waals surface area contributed by atoms with Crippen LogP contribution in [-0.2, 0) is 6.54 Å². The van der Waals surface area contributed by atoms with Gasteiger partial charge in [0.05, 0.1) is 6.54 Å². The van der Waals surface area contributed by atoms with Crippen LogP contribution in [0.25, 0.3) is 0 Å². The maximum atomic E-state index is 12.2. The lowest BCUT2D eigenvalue weighted by Crippen LogP contribution is -2.25. The summed E-state index contributed by atoms with van der Waals surface area (Å²) < 4.78 is 0.959. The highest BCUT2D eigenvalue weighted by Gasteiger charge is 2.11. The molecule has 2 rings (SSSR count). The van der Waals surface area contributed by atoms with Crippen LogP contribution in [0.15, 0.2) is 46.9 Å². The van der Waals surface area contributed by atoms with Crippen LogP contribution in [0.1, 0.15) is 15.9 Å². The van der Waals surface area contributed by atoms with Crippen molar-refractivity contribution in [2.24, 2.45) is 0 Å². The van der Waals surface area contributed by atoms with Crippen molar-refractivity contribution < 1.29 is 4.79 Å². The summed E-state index contributed by atoms with van der Waals surface area (Å²) >= 11 is 15.4. The molecule has 0 saturated heterocycles. The first-order valence-corrected chi connectivity index (χ1v) is 7.92. The highest BCUT2D eigenvalue weighted by Crippen LogP contribution is 2.22. The van der Waals surface area contributed by atoms with Crippen molar-refractivity contribution in [1.82, 2.24) is 4.90 Å². The number of ketones is 1. The number of benzene rings is 2. The van der Waals surface area contributed by atoms with Crippen LogP contribution in [0, 0.1) is 0 Å². The summed E-state index contributed by atoms with van der Waals surface area (Å²) in [5, 5.41) is 1.22. The summed E-state index contributed by atoms with van der Waals surface area (Å²) in [6.45, 7) is 0.929. The van der Waals surface area contributed by atoms with Crippen LogP contribution in [0.4, 0.5) is 0 Å². The van der Waals surface area contributed by atoms with Crippen molar-refractivity contribution in [3.05, 3.63) is 68.1 Å². The second-order valence-corrected chi connectivity index (χ2v) is 6.60. The average Bonchev–Trinajstić information content (AvgIpc) is 2.42. The number of nitrogens with zero attached hydrogens (tertiary/aromatic N) is 1. The van der Waals surface area contributed by atoms with E-state index in [0.717, 1.165) is 10.0 Å². The lowest BCUT2D eigenvalue weighted by Gasteiger charge is -2.17. The molecule has 0 aliphatic heterocycles. The number of rotatable bonds is 5. The lowest BCUT2D eigenvalue weighted by molar-refractivity contribution is 0.0943. The Bertz CT molecular complexity index is 643. The second-order valence-electron chi connectivity index (χ2n) is 4.84. The summed E-state index contributed by atoms with van der Waals surface area (Å²) in [4.78, 5) is 14.1. The van der Waals surface area contributed by atoms with Gasteiger partial charge in [-0.25, -0.2) is 0 Å². The molecule has 2 aromatic carbocycles. The monoisotopic (exact) mass is 385 g/mol. The van der Waals surface area contributed by atoms with Gasteiger partial charge < -0.3 is 0 Å². The van der Waals surface area contributed by atoms with Gasteiger partial charge in [0.2, 0.25) is 0 Å². The molecule has 0 atom stereocenters. The van der Waals surface area contributed by atoms with Gasteiger partial charge in [-0.2, -0.15) is 0 Å². The predicted molar refractivity (Wildman–Crippen MR) is 91.3 cm³/mol. The summed E-state index contributed by atoms with van der Waals surface area (Å²) in [7, 11) is 1.89. The van der Waals surface area contributed by atoms with Crippen LogP contribution in [-0.4, -0.2) is 24.3 Å². The molecule has 2 aromatic rings. The molecule has 0 spiro atoms. The van der Waals surface area contributed by atoms with E-state index < -0.39 is 0 Å². The molecule has 5 heteroatoms. The van der Waals surface area contributed by atoms with E-state index in [1.165, 1.54) is 0 Å². The Kier molecular flexibility index (Phi) is 5.82. The molecule has 0 aliphatic rings. The molecule has 0 saturated carbocycles. The maximum absolute atomic E-state index is 12.2. The second kappa shape index (κ2) is 7.41. The minimum Gasteiger partial charge on any atom is -0.295 e. The van der Waals surface area contributed by atoms with E-state index in [-0.39, 0.29) is 5.78 Å². The van der Waals surface area contributed by atoms with E-state index in [4.69, 9.17) is 23.2 Å². The molecule has 0 amide bonds. The van der Waals surface area contributed by atoms with Crippen molar-refractivity contribution >= 4 is 44.9 Å². The lowest BCUT2D eigenvalue weighted by atomic mass is 10.1. The molecule has 2 nitrogen and oxygen atoms in total. The molecule has 21 heavy (non-hydrogen) atoms. The first-order valence-electron chi connectivity index (χ1n) is 6.37.